The van der Waals surface area contributed by atoms with Crippen molar-refractivity contribution in [3.63, 3.8) is 0 Å². The van der Waals surface area contributed by atoms with Crippen LogP contribution in [0.5, 0.6) is 0 Å². The van der Waals surface area contributed by atoms with Crippen molar-refractivity contribution in [1.29, 1.82) is 0 Å². The van der Waals surface area contributed by atoms with Crippen molar-refractivity contribution in [3.05, 3.63) is 17.3 Å². The van der Waals surface area contributed by atoms with Crippen LogP contribution in [-0.2, 0) is 0 Å². The first-order valence-electron chi connectivity index (χ1n) is 5.87. The number of hydrogen-bond donors (Lipinski definition) is 2. The van der Waals surface area contributed by atoms with Crippen molar-refractivity contribution in [1.82, 2.24) is 4.98 Å². The maximum Gasteiger partial charge on any atom is 0.133 e. The van der Waals surface area contributed by atoms with Crippen LogP contribution in [0.1, 0.15) is 26.2 Å². The predicted octanol–water partition coefficient (Wildman–Crippen LogP) is 2.06. The van der Waals surface area contributed by atoms with E-state index in [1.165, 1.54) is 0 Å². The fourth-order valence-corrected chi connectivity index (χ4v) is 2.37. The van der Waals surface area contributed by atoms with E-state index < -0.39 is 5.60 Å². The van der Waals surface area contributed by atoms with E-state index in [1.807, 2.05) is 13.0 Å². The van der Waals surface area contributed by atoms with Crippen molar-refractivity contribution in [3.8, 4) is 0 Å². The predicted molar refractivity (Wildman–Crippen MR) is 70.3 cm³/mol. The van der Waals surface area contributed by atoms with Gasteiger partial charge in [-0.3, -0.25) is 0 Å². The highest BCUT2D eigenvalue weighted by Gasteiger charge is 2.25. The van der Waals surface area contributed by atoms with Crippen molar-refractivity contribution >= 4 is 23.1 Å². The summed E-state index contributed by atoms with van der Waals surface area (Å²) >= 11 is 5.90. The summed E-state index contributed by atoms with van der Waals surface area (Å²) in [7, 11) is 0. The number of hydrogen-bond acceptors (Lipinski definition) is 4. The Bertz CT molecular complexity index is 388. The Morgan fingerprint density at radius 1 is 1.41 bits per heavy atom. The van der Waals surface area contributed by atoms with Gasteiger partial charge in [-0.1, -0.05) is 11.6 Å². The second-order valence-corrected chi connectivity index (χ2v) is 5.31. The number of pyridine rings is 1. The van der Waals surface area contributed by atoms with E-state index in [0.29, 0.717) is 10.8 Å². The zero-order valence-electron chi connectivity index (χ0n) is 9.99. The van der Waals surface area contributed by atoms with Crippen LogP contribution in [0.15, 0.2) is 12.1 Å². The number of halogens is 1. The summed E-state index contributed by atoms with van der Waals surface area (Å²) in [5.74, 6) is 0.799. The lowest BCUT2D eigenvalue weighted by molar-refractivity contribution is 0.0481. The number of nitrogen functional groups attached to an aromatic ring is 1. The molecule has 1 saturated heterocycles. The Morgan fingerprint density at radius 3 is 2.88 bits per heavy atom. The molecule has 17 heavy (non-hydrogen) atoms. The van der Waals surface area contributed by atoms with E-state index in [9.17, 15) is 5.11 Å². The quantitative estimate of drug-likeness (QED) is 0.754. The van der Waals surface area contributed by atoms with Gasteiger partial charge >= 0.3 is 0 Å². The molecule has 5 heteroatoms. The monoisotopic (exact) mass is 255 g/mol. The fraction of sp³-hybridized carbons (Fsp3) is 0.583. The van der Waals surface area contributed by atoms with Gasteiger partial charge < -0.3 is 15.7 Å². The molecule has 1 unspecified atom stereocenters. The van der Waals surface area contributed by atoms with Gasteiger partial charge in [0, 0.05) is 24.8 Å². The lowest BCUT2D eigenvalue weighted by atomic mass is 9.98. The number of nitrogens with zero attached hydrogens (tertiary/aromatic N) is 2. The summed E-state index contributed by atoms with van der Waals surface area (Å²) in [6.45, 7) is 3.54. The van der Waals surface area contributed by atoms with Gasteiger partial charge in [-0.05, 0) is 32.3 Å². The highest BCUT2D eigenvalue weighted by Crippen LogP contribution is 2.26. The van der Waals surface area contributed by atoms with E-state index in [0.717, 1.165) is 38.2 Å². The molecule has 1 aliphatic heterocycles. The molecule has 94 valence electrons. The van der Waals surface area contributed by atoms with E-state index in [-0.39, 0.29) is 0 Å². The smallest absolute Gasteiger partial charge is 0.133 e. The molecule has 1 atom stereocenters. The van der Waals surface area contributed by atoms with Gasteiger partial charge in [0.25, 0.3) is 0 Å². The SMILES string of the molecule is CC1(O)CCCN(c2cc(N)cc(Cl)n2)CC1. The molecule has 0 bridgehead atoms. The Hall–Kier alpha value is -1.00. The van der Waals surface area contributed by atoms with Gasteiger partial charge in [0.05, 0.1) is 5.60 Å². The van der Waals surface area contributed by atoms with E-state index in [2.05, 4.69) is 9.88 Å². The molecule has 1 fully saturated rings. The topological polar surface area (TPSA) is 62.4 Å². The third kappa shape index (κ3) is 3.23. The Labute approximate surface area is 106 Å². The van der Waals surface area contributed by atoms with Crippen LogP contribution in [0.25, 0.3) is 0 Å². The summed E-state index contributed by atoms with van der Waals surface area (Å²) in [6.07, 6.45) is 2.50. The van der Waals surface area contributed by atoms with Crippen molar-refractivity contribution < 1.29 is 5.11 Å². The minimum atomic E-state index is -0.571. The standard InChI is InChI=1S/C12H18ClN3O/c1-12(17)3-2-5-16(6-4-12)11-8-9(14)7-10(13)15-11/h7-8,17H,2-6H2,1H3,(H2,14,15). The highest BCUT2D eigenvalue weighted by atomic mass is 35.5. The maximum absolute atomic E-state index is 10.0. The Balaban J connectivity index is 2.17. The zero-order chi connectivity index (χ0) is 12.5. The summed E-state index contributed by atoms with van der Waals surface area (Å²) in [5, 5.41) is 10.4. The van der Waals surface area contributed by atoms with Crippen LogP contribution in [0.2, 0.25) is 5.15 Å². The van der Waals surface area contributed by atoms with Crippen LogP contribution in [-0.4, -0.2) is 28.8 Å². The first-order valence-corrected chi connectivity index (χ1v) is 6.24. The van der Waals surface area contributed by atoms with Crippen molar-refractivity contribution in [2.45, 2.75) is 31.8 Å². The number of anilines is 2. The summed E-state index contributed by atoms with van der Waals surface area (Å²) in [6, 6.07) is 3.46. The fourth-order valence-electron chi connectivity index (χ4n) is 2.16. The third-order valence-corrected chi connectivity index (χ3v) is 3.38. The van der Waals surface area contributed by atoms with Crippen LogP contribution < -0.4 is 10.6 Å². The van der Waals surface area contributed by atoms with Gasteiger partial charge in [-0.2, -0.15) is 0 Å². The van der Waals surface area contributed by atoms with Gasteiger partial charge in [-0.15, -0.1) is 0 Å². The third-order valence-electron chi connectivity index (χ3n) is 3.19. The minimum absolute atomic E-state index is 0.413. The van der Waals surface area contributed by atoms with Crippen molar-refractivity contribution in [2.24, 2.45) is 0 Å². The summed E-state index contributed by atoms with van der Waals surface area (Å²) in [5.41, 5.74) is 5.81. The number of aliphatic hydroxyl groups is 1. The number of nitrogens with two attached hydrogens (primary N) is 1. The number of aromatic nitrogens is 1. The molecular formula is C12H18ClN3O. The van der Waals surface area contributed by atoms with Gasteiger partial charge in [0.2, 0.25) is 0 Å². The zero-order valence-corrected chi connectivity index (χ0v) is 10.7. The van der Waals surface area contributed by atoms with E-state index in [4.69, 9.17) is 17.3 Å². The minimum Gasteiger partial charge on any atom is -0.399 e. The second-order valence-electron chi connectivity index (χ2n) is 4.92. The van der Waals surface area contributed by atoms with Crippen LogP contribution >= 0.6 is 11.6 Å². The van der Waals surface area contributed by atoms with Crippen LogP contribution in [0.3, 0.4) is 0 Å². The van der Waals surface area contributed by atoms with E-state index >= 15 is 0 Å². The maximum atomic E-state index is 10.0. The molecule has 3 N–H and O–H groups in total. The Morgan fingerprint density at radius 2 is 2.18 bits per heavy atom. The molecule has 4 nitrogen and oxygen atoms in total. The van der Waals surface area contributed by atoms with E-state index in [1.54, 1.807) is 6.07 Å². The molecular weight excluding hydrogens is 238 g/mol. The normalized spacial score (nSPS) is 25.7. The highest BCUT2D eigenvalue weighted by molar-refractivity contribution is 6.29. The molecule has 1 aromatic rings. The largest absolute Gasteiger partial charge is 0.399 e. The summed E-state index contributed by atoms with van der Waals surface area (Å²) in [4.78, 5) is 6.41. The average Bonchev–Trinajstić information content (AvgIpc) is 2.38. The van der Waals surface area contributed by atoms with Crippen molar-refractivity contribution in [2.75, 3.05) is 23.7 Å². The lowest BCUT2D eigenvalue weighted by Crippen LogP contribution is -2.28. The molecule has 2 rings (SSSR count). The molecule has 0 aliphatic carbocycles. The molecule has 1 aromatic heterocycles. The molecule has 0 radical (unpaired) electrons. The lowest BCUT2D eigenvalue weighted by Gasteiger charge is -2.23. The Kier molecular flexibility index (Phi) is 3.45. The molecule has 1 aliphatic rings. The first-order chi connectivity index (χ1) is 7.96. The van der Waals surface area contributed by atoms with Crippen LogP contribution in [0, 0.1) is 0 Å². The van der Waals surface area contributed by atoms with Gasteiger partial charge in [-0.25, -0.2) is 4.98 Å². The molecule has 0 saturated carbocycles. The van der Waals surface area contributed by atoms with Crippen LogP contribution in [0.4, 0.5) is 11.5 Å². The second kappa shape index (κ2) is 4.70. The molecule has 0 amide bonds. The summed E-state index contributed by atoms with van der Waals surface area (Å²) < 4.78 is 0. The van der Waals surface area contributed by atoms with Gasteiger partial charge in [0.15, 0.2) is 0 Å². The first kappa shape index (κ1) is 12.5. The molecule has 0 spiro atoms. The number of rotatable bonds is 1. The molecule has 2 heterocycles. The molecule has 0 aromatic carbocycles. The van der Waals surface area contributed by atoms with Gasteiger partial charge in [0.1, 0.15) is 11.0 Å². The average molecular weight is 256 g/mol.